The third-order valence-electron chi connectivity index (χ3n) is 12.1. The summed E-state index contributed by atoms with van der Waals surface area (Å²) in [5.41, 5.74) is -4.54. The molecule has 2 aromatic rings. The second kappa shape index (κ2) is 17.0. The molecule has 6 rings (SSSR count). The maximum absolute atomic E-state index is 14.8. The fourth-order valence-corrected chi connectivity index (χ4v) is 9.10. The van der Waals surface area contributed by atoms with E-state index in [1.165, 1.54) is 18.0 Å². The van der Waals surface area contributed by atoms with Crippen LogP contribution in [0.15, 0.2) is 42.6 Å². The van der Waals surface area contributed by atoms with E-state index in [2.05, 4.69) is 20.3 Å². The minimum absolute atomic E-state index is 0.0442. The van der Waals surface area contributed by atoms with E-state index in [-0.39, 0.29) is 37.8 Å². The molecule has 3 N–H and O–H groups in total. The summed E-state index contributed by atoms with van der Waals surface area (Å²) in [6, 6.07) is 4.38. The number of nitrogens with one attached hydrogen (secondary N) is 3. The largest absolute Gasteiger partial charge is 0.489 e. The Bertz CT molecular complexity index is 2110. The van der Waals surface area contributed by atoms with E-state index >= 15 is 0 Å². The van der Waals surface area contributed by atoms with Gasteiger partial charge in [-0.2, -0.15) is 13.2 Å². The zero-order valence-corrected chi connectivity index (χ0v) is 35.4. The second-order valence-corrected chi connectivity index (χ2v) is 19.5. The van der Waals surface area contributed by atoms with Crippen molar-refractivity contribution in [1.29, 1.82) is 0 Å². The van der Waals surface area contributed by atoms with E-state index < -0.39 is 85.9 Å². The monoisotopic (exact) mass is 865 g/mol. The summed E-state index contributed by atoms with van der Waals surface area (Å²) in [4.78, 5) is 62.1. The van der Waals surface area contributed by atoms with E-state index in [0.29, 0.717) is 69.1 Å². The lowest BCUT2D eigenvalue weighted by molar-refractivity contribution is -0.244. The van der Waals surface area contributed by atoms with Crippen LogP contribution in [0.2, 0.25) is 0 Å². The highest BCUT2D eigenvalue weighted by Crippen LogP contribution is 2.48. The van der Waals surface area contributed by atoms with Gasteiger partial charge in [0.15, 0.2) is 0 Å². The van der Waals surface area contributed by atoms with Gasteiger partial charge in [0.1, 0.15) is 36.1 Å². The van der Waals surface area contributed by atoms with E-state index in [4.69, 9.17) is 18.9 Å². The SMILES string of the molecule is COCCOc1cnc(O[C@@H]2C[C@H]3C(=O)N[C@]4(C(=O)NS(=O)(=O)C5(C)CC5)CC4/C=C\CC[C@H](C)C[C@@H](C)[C@H](NC(=O)OC(C)(C)C(F)(F)F)C(=O)N3C2)c2ccccc12. The maximum atomic E-state index is 14.8. The highest BCUT2D eigenvalue weighted by molar-refractivity contribution is 7.91. The van der Waals surface area contributed by atoms with Crippen LogP contribution in [0.25, 0.3) is 10.8 Å². The first-order chi connectivity index (χ1) is 28.1. The normalized spacial score (nSPS) is 28.9. The first kappa shape index (κ1) is 44.9. The number of alkyl halides is 3. The topological polar surface area (TPSA) is 192 Å². The molecule has 19 heteroatoms. The molecule has 0 spiro atoms. The number of ether oxygens (including phenoxy) is 4. The fourth-order valence-electron chi connectivity index (χ4n) is 7.79. The molecule has 330 valence electrons. The molecule has 0 radical (unpaired) electrons. The fraction of sp³-hybridized carbons (Fsp3) is 0.634. The number of rotatable bonds is 11. The molecule has 2 saturated carbocycles. The molecular weight excluding hydrogens is 812 g/mol. The molecule has 1 saturated heterocycles. The van der Waals surface area contributed by atoms with Crippen molar-refractivity contribution in [2.45, 2.75) is 120 Å². The van der Waals surface area contributed by atoms with Crippen LogP contribution in [0, 0.1) is 17.8 Å². The molecule has 2 aliphatic heterocycles. The number of sulfonamides is 1. The number of aromatic nitrogens is 1. The molecule has 15 nitrogen and oxygen atoms in total. The van der Waals surface area contributed by atoms with Gasteiger partial charge in [-0.25, -0.2) is 18.2 Å². The van der Waals surface area contributed by atoms with Crippen LogP contribution < -0.4 is 24.8 Å². The highest BCUT2D eigenvalue weighted by Gasteiger charge is 2.63. The molecule has 4 aliphatic rings. The number of pyridine rings is 1. The number of nitrogens with zero attached hydrogens (tertiary/aromatic N) is 2. The standard InChI is InChI=1S/C41H54F3N5O10S/c1-24-11-7-8-12-26-21-40(26,36(52)48-60(54,55)39(5)15-16-39)47-33(50)30-20-27(58-34-29-14-10-9-13-28(29)31(22-45-34)57-18-17-56-6)23-49(30)35(51)32(25(2)19-24)46-37(53)59-38(3,4)41(42,43)44/h8-10,12-14,22,24-27,30,32H,7,11,15-21,23H2,1-6H3,(H,46,53)(H,47,50)(H,48,52)/b12-8-/t24-,25+,26?,27+,30-,32-,40+/m0/s1. The van der Waals surface area contributed by atoms with E-state index in [0.717, 1.165) is 0 Å². The van der Waals surface area contributed by atoms with E-state index in [9.17, 15) is 40.8 Å². The first-order valence-corrected chi connectivity index (χ1v) is 21.7. The number of methoxy groups -OCH3 is 1. The molecule has 2 aliphatic carbocycles. The summed E-state index contributed by atoms with van der Waals surface area (Å²) >= 11 is 0. The van der Waals surface area contributed by atoms with Crippen molar-refractivity contribution in [3.8, 4) is 11.6 Å². The van der Waals surface area contributed by atoms with Gasteiger partial charge in [-0.15, -0.1) is 0 Å². The van der Waals surface area contributed by atoms with Gasteiger partial charge in [0.2, 0.25) is 33.3 Å². The molecular formula is C41H54F3N5O10S. The Balaban J connectivity index is 1.35. The van der Waals surface area contributed by atoms with Gasteiger partial charge in [-0.05, 0) is 77.2 Å². The Morgan fingerprint density at radius 2 is 1.77 bits per heavy atom. The van der Waals surface area contributed by atoms with Crippen molar-refractivity contribution in [3.05, 3.63) is 42.6 Å². The molecule has 7 atom stereocenters. The predicted molar refractivity (Wildman–Crippen MR) is 212 cm³/mol. The average Bonchev–Trinajstić information content (AvgIpc) is 4.05. The summed E-state index contributed by atoms with van der Waals surface area (Å²) in [5, 5.41) is 6.42. The summed E-state index contributed by atoms with van der Waals surface area (Å²) in [6.45, 7) is 6.91. The number of fused-ring (bicyclic) bond motifs is 3. The summed E-state index contributed by atoms with van der Waals surface area (Å²) in [5.74, 6) is -3.08. The average molecular weight is 866 g/mol. The maximum Gasteiger partial charge on any atom is 0.427 e. The van der Waals surface area contributed by atoms with Crippen molar-refractivity contribution in [2.75, 3.05) is 26.9 Å². The smallest absolute Gasteiger partial charge is 0.427 e. The van der Waals surface area contributed by atoms with Crippen LogP contribution in [0.4, 0.5) is 18.0 Å². The summed E-state index contributed by atoms with van der Waals surface area (Å²) < 4.78 is 91.0. The van der Waals surface area contributed by atoms with Crippen LogP contribution in [0.1, 0.15) is 79.6 Å². The highest BCUT2D eigenvalue weighted by atomic mass is 32.2. The number of alkyl carbamates (subject to hydrolysis) is 1. The molecule has 3 fully saturated rings. The number of benzene rings is 1. The Morgan fingerprint density at radius 1 is 1.07 bits per heavy atom. The lowest BCUT2D eigenvalue weighted by atomic mass is 9.88. The number of hydrogen-bond donors (Lipinski definition) is 3. The molecule has 1 unspecified atom stereocenters. The van der Waals surface area contributed by atoms with Crippen LogP contribution in [-0.2, 0) is 33.9 Å². The molecule has 3 heterocycles. The zero-order valence-electron chi connectivity index (χ0n) is 34.6. The number of carbonyl (C=O) groups is 4. The Labute approximate surface area is 347 Å². The number of carbonyl (C=O) groups excluding carboxylic acids is 4. The van der Waals surface area contributed by atoms with Crippen molar-refractivity contribution >= 4 is 44.6 Å². The first-order valence-electron chi connectivity index (χ1n) is 20.2. The van der Waals surface area contributed by atoms with Crippen LogP contribution >= 0.6 is 0 Å². The molecule has 60 heavy (non-hydrogen) atoms. The van der Waals surface area contributed by atoms with Crippen LogP contribution in [0.5, 0.6) is 11.6 Å². The van der Waals surface area contributed by atoms with Crippen LogP contribution in [-0.4, -0.2) is 109 Å². The van der Waals surface area contributed by atoms with Crippen molar-refractivity contribution in [2.24, 2.45) is 17.8 Å². The third-order valence-corrected chi connectivity index (χ3v) is 14.3. The minimum Gasteiger partial charge on any atom is -0.489 e. The summed E-state index contributed by atoms with van der Waals surface area (Å²) in [7, 11) is -2.54. The predicted octanol–water partition coefficient (Wildman–Crippen LogP) is 4.93. The lowest BCUT2D eigenvalue weighted by Crippen LogP contribution is -2.59. The molecule has 4 amide bonds. The van der Waals surface area contributed by atoms with Gasteiger partial charge < -0.3 is 34.5 Å². The van der Waals surface area contributed by atoms with Gasteiger partial charge in [0.25, 0.3) is 5.91 Å². The minimum atomic E-state index is -4.92. The second-order valence-electron chi connectivity index (χ2n) is 17.3. The van der Waals surface area contributed by atoms with Crippen molar-refractivity contribution in [1.82, 2.24) is 25.2 Å². The molecule has 1 aromatic carbocycles. The van der Waals surface area contributed by atoms with Gasteiger partial charge in [0, 0.05) is 30.2 Å². The van der Waals surface area contributed by atoms with E-state index in [1.807, 2.05) is 25.1 Å². The Morgan fingerprint density at radius 3 is 2.43 bits per heavy atom. The van der Waals surface area contributed by atoms with Gasteiger partial charge in [0.05, 0.1) is 24.1 Å². The zero-order chi connectivity index (χ0) is 43.8. The van der Waals surface area contributed by atoms with E-state index in [1.54, 1.807) is 32.2 Å². The number of halogens is 3. The Hall–Kier alpha value is -4.65. The number of allylic oxidation sites excluding steroid dienone is 1. The lowest BCUT2D eigenvalue weighted by Gasteiger charge is -2.34. The van der Waals surface area contributed by atoms with Gasteiger partial charge >= 0.3 is 12.3 Å². The van der Waals surface area contributed by atoms with Crippen LogP contribution in [0.3, 0.4) is 0 Å². The quantitative estimate of drug-likeness (QED) is 0.205. The van der Waals surface area contributed by atoms with Crippen molar-refractivity contribution < 1.29 is 59.7 Å². The van der Waals surface area contributed by atoms with Gasteiger partial charge in [-0.3, -0.25) is 19.1 Å². The number of amides is 4. The number of hydrogen-bond acceptors (Lipinski definition) is 11. The van der Waals surface area contributed by atoms with Crippen molar-refractivity contribution in [3.63, 3.8) is 0 Å². The molecule has 0 bridgehead atoms. The summed E-state index contributed by atoms with van der Waals surface area (Å²) in [6.07, 6.45) is 0.0669. The van der Waals surface area contributed by atoms with Gasteiger partial charge in [-0.1, -0.05) is 44.2 Å². The molecule has 1 aromatic heterocycles. The Kier molecular flexibility index (Phi) is 12.7. The third kappa shape index (κ3) is 9.46.